The van der Waals surface area contributed by atoms with Gasteiger partial charge in [-0.05, 0) is 37.5 Å². The second-order valence-corrected chi connectivity index (χ2v) is 5.61. The Morgan fingerprint density at radius 3 is 2.60 bits per heavy atom. The molecule has 0 radical (unpaired) electrons. The minimum absolute atomic E-state index is 0.0433. The molecule has 1 amide bonds. The first-order valence-electron chi connectivity index (χ1n) is 6.87. The SMILES string of the molecule is O=C1C=C(N2CCCCC2)CN1c1ccc(F)c(Cl)c1. The second kappa shape index (κ2) is 5.44. The van der Waals surface area contributed by atoms with E-state index >= 15 is 0 Å². The van der Waals surface area contributed by atoms with Crippen LogP contribution in [0.1, 0.15) is 19.3 Å². The highest BCUT2D eigenvalue weighted by molar-refractivity contribution is 6.31. The van der Waals surface area contributed by atoms with Gasteiger partial charge < -0.3 is 9.80 Å². The van der Waals surface area contributed by atoms with E-state index in [1.807, 2.05) is 0 Å². The molecule has 20 heavy (non-hydrogen) atoms. The summed E-state index contributed by atoms with van der Waals surface area (Å²) < 4.78 is 13.2. The molecule has 106 valence electrons. The molecular weight excluding hydrogens is 279 g/mol. The monoisotopic (exact) mass is 294 g/mol. The van der Waals surface area contributed by atoms with E-state index < -0.39 is 5.82 Å². The molecule has 0 N–H and O–H groups in total. The van der Waals surface area contributed by atoms with Crippen LogP contribution < -0.4 is 4.90 Å². The molecule has 0 unspecified atom stereocenters. The smallest absolute Gasteiger partial charge is 0.253 e. The van der Waals surface area contributed by atoms with Gasteiger partial charge in [0.1, 0.15) is 5.82 Å². The molecule has 0 atom stereocenters. The minimum Gasteiger partial charge on any atom is -0.373 e. The first kappa shape index (κ1) is 13.4. The first-order valence-corrected chi connectivity index (χ1v) is 7.25. The molecule has 0 spiro atoms. The van der Waals surface area contributed by atoms with E-state index in [-0.39, 0.29) is 10.9 Å². The van der Waals surface area contributed by atoms with Crippen molar-refractivity contribution in [3.63, 3.8) is 0 Å². The number of benzene rings is 1. The summed E-state index contributed by atoms with van der Waals surface area (Å²) in [6.07, 6.45) is 5.29. The average molecular weight is 295 g/mol. The molecule has 0 aliphatic carbocycles. The van der Waals surface area contributed by atoms with Crippen molar-refractivity contribution < 1.29 is 9.18 Å². The Bertz CT molecular complexity index is 567. The van der Waals surface area contributed by atoms with Crippen LogP contribution in [0.5, 0.6) is 0 Å². The number of hydrogen-bond acceptors (Lipinski definition) is 2. The molecule has 1 saturated heterocycles. The fraction of sp³-hybridized carbons (Fsp3) is 0.400. The van der Waals surface area contributed by atoms with Crippen LogP contribution >= 0.6 is 11.6 Å². The standard InChI is InChI=1S/C15H16ClFN2O/c16-13-8-11(4-5-14(13)17)19-10-12(9-15(19)20)18-6-2-1-3-7-18/h4-5,8-9H,1-3,6-7,10H2. The van der Waals surface area contributed by atoms with Crippen molar-refractivity contribution in [1.29, 1.82) is 0 Å². The number of halogens is 2. The first-order chi connectivity index (χ1) is 9.65. The summed E-state index contributed by atoms with van der Waals surface area (Å²) in [4.78, 5) is 16.0. The van der Waals surface area contributed by atoms with Crippen LogP contribution in [-0.4, -0.2) is 30.4 Å². The van der Waals surface area contributed by atoms with E-state index in [0.29, 0.717) is 12.2 Å². The van der Waals surface area contributed by atoms with Crippen molar-refractivity contribution in [2.24, 2.45) is 0 Å². The number of carbonyl (C=O) groups excluding carboxylic acids is 1. The maximum absolute atomic E-state index is 13.2. The lowest BCUT2D eigenvalue weighted by Gasteiger charge is -2.30. The molecule has 3 rings (SSSR count). The molecule has 1 aromatic carbocycles. The molecule has 2 aliphatic rings. The van der Waals surface area contributed by atoms with E-state index in [4.69, 9.17) is 11.6 Å². The van der Waals surface area contributed by atoms with Gasteiger partial charge in [-0.25, -0.2) is 4.39 Å². The number of anilines is 1. The summed E-state index contributed by atoms with van der Waals surface area (Å²) in [5, 5.41) is 0.0433. The molecule has 0 saturated carbocycles. The fourth-order valence-corrected chi connectivity index (χ4v) is 2.92. The summed E-state index contributed by atoms with van der Waals surface area (Å²) in [6.45, 7) is 2.56. The lowest BCUT2D eigenvalue weighted by atomic mass is 10.1. The zero-order chi connectivity index (χ0) is 14.1. The van der Waals surface area contributed by atoms with Crippen LogP contribution in [0.4, 0.5) is 10.1 Å². The summed E-state index contributed by atoms with van der Waals surface area (Å²) in [6, 6.07) is 4.39. The number of hydrogen-bond donors (Lipinski definition) is 0. The van der Waals surface area contributed by atoms with Gasteiger partial charge in [-0.15, -0.1) is 0 Å². The second-order valence-electron chi connectivity index (χ2n) is 5.21. The minimum atomic E-state index is -0.466. The van der Waals surface area contributed by atoms with Crippen LogP contribution in [0.3, 0.4) is 0 Å². The highest BCUT2D eigenvalue weighted by atomic mass is 35.5. The number of piperidine rings is 1. The molecule has 3 nitrogen and oxygen atoms in total. The molecule has 1 fully saturated rings. The van der Waals surface area contributed by atoms with Crippen molar-refractivity contribution in [3.8, 4) is 0 Å². The van der Waals surface area contributed by atoms with Gasteiger partial charge in [0.2, 0.25) is 0 Å². The average Bonchev–Trinajstić information content (AvgIpc) is 2.85. The van der Waals surface area contributed by atoms with Crippen molar-refractivity contribution in [2.45, 2.75) is 19.3 Å². The van der Waals surface area contributed by atoms with Gasteiger partial charge in [0.25, 0.3) is 5.91 Å². The highest BCUT2D eigenvalue weighted by Gasteiger charge is 2.27. The Labute approximate surface area is 122 Å². The van der Waals surface area contributed by atoms with Gasteiger partial charge in [-0.1, -0.05) is 11.6 Å². The van der Waals surface area contributed by atoms with Crippen LogP contribution in [0.15, 0.2) is 30.0 Å². The van der Waals surface area contributed by atoms with Gasteiger partial charge in [-0.3, -0.25) is 4.79 Å². The Morgan fingerprint density at radius 2 is 1.90 bits per heavy atom. The van der Waals surface area contributed by atoms with E-state index in [2.05, 4.69) is 4.90 Å². The third kappa shape index (κ3) is 2.52. The van der Waals surface area contributed by atoms with Crippen molar-refractivity contribution >= 4 is 23.2 Å². The van der Waals surface area contributed by atoms with Gasteiger partial charge in [-0.2, -0.15) is 0 Å². The van der Waals surface area contributed by atoms with E-state index in [0.717, 1.165) is 18.8 Å². The van der Waals surface area contributed by atoms with Crippen LogP contribution in [-0.2, 0) is 4.79 Å². The van der Waals surface area contributed by atoms with Gasteiger partial charge in [0.15, 0.2) is 0 Å². The van der Waals surface area contributed by atoms with Gasteiger partial charge >= 0.3 is 0 Å². The number of amides is 1. The molecule has 2 aliphatic heterocycles. The molecule has 0 bridgehead atoms. The van der Waals surface area contributed by atoms with Crippen molar-refractivity contribution in [1.82, 2.24) is 4.90 Å². The largest absolute Gasteiger partial charge is 0.373 e. The van der Waals surface area contributed by atoms with E-state index in [1.54, 1.807) is 17.0 Å². The van der Waals surface area contributed by atoms with Gasteiger partial charge in [0.05, 0.1) is 11.6 Å². The number of nitrogens with zero attached hydrogens (tertiary/aromatic N) is 2. The van der Waals surface area contributed by atoms with E-state index in [1.165, 1.54) is 31.4 Å². The third-order valence-electron chi connectivity index (χ3n) is 3.85. The Morgan fingerprint density at radius 1 is 1.15 bits per heavy atom. The number of likely N-dealkylation sites (tertiary alicyclic amines) is 1. The normalized spacial score (nSPS) is 19.5. The molecule has 2 heterocycles. The molecule has 5 heteroatoms. The number of carbonyl (C=O) groups is 1. The molecular formula is C15H16ClFN2O. The van der Waals surface area contributed by atoms with Crippen molar-refractivity contribution in [2.75, 3.05) is 24.5 Å². The fourth-order valence-electron chi connectivity index (χ4n) is 2.75. The van der Waals surface area contributed by atoms with Crippen LogP contribution in [0.25, 0.3) is 0 Å². The topological polar surface area (TPSA) is 23.6 Å². The van der Waals surface area contributed by atoms with Crippen molar-refractivity contribution in [3.05, 3.63) is 40.8 Å². The summed E-state index contributed by atoms with van der Waals surface area (Å²) in [7, 11) is 0. The molecule has 0 aromatic heterocycles. The third-order valence-corrected chi connectivity index (χ3v) is 4.14. The van der Waals surface area contributed by atoms with Crippen LogP contribution in [0, 0.1) is 5.82 Å². The summed E-state index contributed by atoms with van der Waals surface area (Å²) in [5.74, 6) is -0.528. The zero-order valence-corrected chi connectivity index (χ0v) is 11.9. The highest BCUT2D eigenvalue weighted by Crippen LogP contribution is 2.28. The maximum Gasteiger partial charge on any atom is 0.253 e. The Balaban J connectivity index is 1.77. The van der Waals surface area contributed by atoms with E-state index in [9.17, 15) is 9.18 Å². The summed E-state index contributed by atoms with van der Waals surface area (Å²) >= 11 is 5.78. The quantitative estimate of drug-likeness (QED) is 0.836. The van der Waals surface area contributed by atoms with Crippen LogP contribution in [0.2, 0.25) is 5.02 Å². The predicted molar refractivity (Wildman–Crippen MR) is 77.3 cm³/mol. The lowest BCUT2D eigenvalue weighted by Crippen LogP contribution is -2.33. The lowest BCUT2D eigenvalue weighted by molar-refractivity contribution is -0.113. The number of rotatable bonds is 2. The predicted octanol–water partition coefficient (Wildman–Crippen LogP) is 3.20. The Kier molecular flexibility index (Phi) is 3.66. The Hall–Kier alpha value is -1.55. The zero-order valence-electron chi connectivity index (χ0n) is 11.1. The molecule has 1 aromatic rings. The van der Waals surface area contributed by atoms with Gasteiger partial charge in [0, 0.05) is 30.5 Å². The summed E-state index contributed by atoms with van der Waals surface area (Å²) in [5.41, 5.74) is 1.69. The maximum atomic E-state index is 13.2.